The molecule has 0 aromatic heterocycles. The monoisotopic (exact) mass is 1040 g/mol. The van der Waals surface area contributed by atoms with Gasteiger partial charge in [0.25, 0.3) is 7.82 Å². The lowest BCUT2D eigenvalue weighted by molar-refractivity contribution is -0.870. The molecule has 1 N–H and O–H groups in total. The summed E-state index contributed by atoms with van der Waals surface area (Å²) in [5.74, 6) is -0.595. The molecule has 0 aromatic carbocycles. The van der Waals surface area contributed by atoms with Crippen molar-refractivity contribution < 1.29 is 37.3 Å². The highest BCUT2D eigenvalue weighted by atomic mass is 31.2. The van der Waals surface area contributed by atoms with Gasteiger partial charge in [0.1, 0.15) is 19.3 Å². The fourth-order valence-corrected chi connectivity index (χ4v) is 8.51. The van der Waals surface area contributed by atoms with Crippen molar-refractivity contribution >= 4 is 19.7 Å². The SMILES string of the molecule is CC/C=C\C/C=C\C/C=C\C/C=C\C/C=C\CCCCCCCC(=O)NC(COP(=O)([O-])OCC[N+](C)(C)C)C(/C=C\CCCCCCCCCCCCC)OC(=O)CCCCCCC\C=C/C=C/C=C/CC. The van der Waals surface area contributed by atoms with Crippen LogP contribution < -0.4 is 10.2 Å². The van der Waals surface area contributed by atoms with Crippen molar-refractivity contribution in [3.05, 3.63) is 109 Å². The summed E-state index contributed by atoms with van der Waals surface area (Å²) >= 11 is 0. The van der Waals surface area contributed by atoms with Crippen LogP contribution in [-0.4, -0.2) is 69.4 Å². The smallest absolute Gasteiger partial charge is 0.306 e. The first-order valence-electron chi connectivity index (χ1n) is 29.2. The van der Waals surface area contributed by atoms with Crippen LogP contribution in [0.2, 0.25) is 0 Å². The zero-order valence-corrected chi connectivity index (χ0v) is 48.4. The molecular formula is C63H109N2O7P. The maximum absolute atomic E-state index is 13.5. The second kappa shape index (κ2) is 52.1. The second-order valence-electron chi connectivity index (χ2n) is 20.4. The van der Waals surface area contributed by atoms with Gasteiger partial charge in [-0.05, 0) is 96.0 Å². The van der Waals surface area contributed by atoms with Gasteiger partial charge in [0.15, 0.2) is 0 Å². The average molecular weight is 1040 g/mol. The van der Waals surface area contributed by atoms with E-state index < -0.39 is 26.6 Å². The first-order chi connectivity index (χ1) is 35.4. The van der Waals surface area contributed by atoms with E-state index in [4.69, 9.17) is 13.8 Å². The van der Waals surface area contributed by atoms with Gasteiger partial charge in [0.05, 0.1) is 33.8 Å². The van der Waals surface area contributed by atoms with Crippen LogP contribution in [0.3, 0.4) is 0 Å². The number of hydrogen-bond acceptors (Lipinski definition) is 7. The van der Waals surface area contributed by atoms with Gasteiger partial charge in [-0.3, -0.25) is 14.2 Å². The van der Waals surface area contributed by atoms with E-state index >= 15 is 0 Å². The highest BCUT2D eigenvalue weighted by molar-refractivity contribution is 7.45. The summed E-state index contributed by atoms with van der Waals surface area (Å²) in [5.41, 5.74) is 0. The predicted octanol–water partition coefficient (Wildman–Crippen LogP) is 17.1. The fraction of sp³-hybridized carbons (Fsp3) is 0.683. The van der Waals surface area contributed by atoms with Crippen molar-refractivity contribution in [3.8, 4) is 0 Å². The number of esters is 1. The molecule has 1 amide bonds. The molecule has 3 atom stereocenters. The molecule has 9 nitrogen and oxygen atoms in total. The van der Waals surface area contributed by atoms with Gasteiger partial charge in [0.2, 0.25) is 5.91 Å². The van der Waals surface area contributed by atoms with E-state index in [0.717, 1.165) is 122 Å². The molecule has 0 saturated heterocycles. The Labute approximate surface area is 449 Å². The number of nitrogens with one attached hydrogen (secondary N) is 1. The lowest BCUT2D eigenvalue weighted by Gasteiger charge is -2.30. The van der Waals surface area contributed by atoms with Gasteiger partial charge < -0.3 is 28.5 Å². The largest absolute Gasteiger partial charge is 0.756 e. The molecular weight excluding hydrogens is 928 g/mol. The highest BCUT2D eigenvalue weighted by Gasteiger charge is 2.27. The van der Waals surface area contributed by atoms with Crippen LogP contribution in [0.4, 0.5) is 0 Å². The fourth-order valence-electron chi connectivity index (χ4n) is 7.78. The number of phosphoric acid groups is 1. The molecule has 0 rings (SSSR count). The number of amides is 1. The molecule has 0 fully saturated rings. The Balaban J connectivity index is 5.38. The first kappa shape index (κ1) is 69.7. The summed E-state index contributed by atoms with van der Waals surface area (Å²) in [7, 11) is 1.14. The minimum absolute atomic E-state index is 0.0358. The third-order valence-corrected chi connectivity index (χ3v) is 13.2. The van der Waals surface area contributed by atoms with Gasteiger partial charge in [-0.15, -0.1) is 0 Å². The van der Waals surface area contributed by atoms with Gasteiger partial charge in [0, 0.05) is 12.8 Å². The molecule has 0 saturated carbocycles. The van der Waals surface area contributed by atoms with Crippen LogP contribution >= 0.6 is 7.82 Å². The molecule has 10 heteroatoms. The minimum Gasteiger partial charge on any atom is -0.756 e. The number of ether oxygens (including phenoxy) is 1. The minimum atomic E-state index is -4.71. The molecule has 0 heterocycles. The van der Waals surface area contributed by atoms with Crippen LogP contribution in [0.15, 0.2) is 109 Å². The quantitative estimate of drug-likeness (QED) is 0.0161. The van der Waals surface area contributed by atoms with Gasteiger partial charge >= 0.3 is 5.97 Å². The van der Waals surface area contributed by atoms with Crippen molar-refractivity contribution in [2.75, 3.05) is 40.9 Å². The van der Waals surface area contributed by atoms with Crippen molar-refractivity contribution in [2.24, 2.45) is 0 Å². The van der Waals surface area contributed by atoms with Gasteiger partial charge in [-0.2, -0.15) is 0 Å². The van der Waals surface area contributed by atoms with Crippen LogP contribution in [0.25, 0.3) is 0 Å². The average Bonchev–Trinajstić information content (AvgIpc) is 3.35. The number of carbonyl (C=O) groups is 2. The Kier molecular flexibility index (Phi) is 49.7. The van der Waals surface area contributed by atoms with E-state index in [2.05, 4.69) is 117 Å². The number of rotatable bonds is 51. The van der Waals surface area contributed by atoms with E-state index in [1.54, 1.807) is 0 Å². The molecule has 3 unspecified atom stereocenters. The van der Waals surface area contributed by atoms with Crippen LogP contribution in [0, 0.1) is 0 Å². The Morgan fingerprint density at radius 3 is 1.47 bits per heavy atom. The summed E-state index contributed by atoms with van der Waals surface area (Å²) in [5, 5.41) is 3.00. The first-order valence-corrected chi connectivity index (χ1v) is 30.7. The number of nitrogens with zero attached hydrogens (tertiary/aromatic N) is 1. The maximum atomic E-state index is 13.5. The number of quaternary nitrogens is 1. The molecule has 0 bridgehead atoms. The molecule has 0 aromatic rings. The lowest BCUT2D eigenvalue weighted by Crippen LogP contribution is -2.47. The Morgan fingerprint density at radius 1 is 0.507 bits per heavy atom. The molecule has 0 aliphatic carbocycles. The van der Waals surface area contributed by atoms with E-state index in [0.29, 0.717) is 23.9 Å². The van der Waals surface area contributed by atoms with Gasteiger partial charge in [-0.25, -0.2) is 0 Å². The summed E-state index contributed by atoms with van der Waals surface area (Å²) in [4.78, 5) is 39.9. The number of phosphoric ester groups is 1. The van der Waals surface area contributed by atoms with E-state index in [1.807, 2.05) is 39.4 Å². The van der Waals surface area contributed by atoms with E-state index in [1.165, 1.54) is 57.8 Å². The summed E-state index contributed by atoms with van der Waals surface area (Å²) in [6.45, 7) is 6.55. The predicted molar refractivity (Wildman–Crippen MR) is 311 cm³/mol. The van der Waals surface area contributed by atoms with E-state index in [9.17, 15) is 19.0 Å². The number of hydrogen-bond donors (Lipinski definition) is 1. The molecule has 0 aliphatic heterocycles. The third-order valence-electron chi connectivity index (χ3n) is 12.3. The molecule has 0 radical (unpaired) electrons. The van der Waals surface area contributed by atoms with Crippen molar-refractivity contribution in [2.45, 2.75) is 238 Å². The number of likely N-dealkylation sites (N-methyl/N-ethyl adjacent to an activating group) is 1. The van der Waals surface area contributed by atoms with E-state index in [-0.39, 0.29) is 31.3 Å². The van der Waals surface area contributed by atoms with Crippen molar-refractivity contribution in [1.82, 2.24) is 5.32 Å². The molecule has 0 aliphatic rings. The van der Waals surface area contributed by atoms with Gasteiger partial charge in [-0.1, -0.05) is 227 Å². The van der Waals surface area contributed by atoms with Crippen LogP contribution in [-0.2, 0) is 27.9 Å². The Morgan fingerprint density at radius 2 is 0.945 bits per heavy atom. The van der Waals surface area contributed by atoms with Crippen LogP contribution in [0.5, 0.6) is 0 Å². The zero-order valence-electron chi connectivity index (χ0n) is 47.5. The molecule has 418 valence electrons. The Bertz CT molecular complexity index is 1620. The lowest BCUT2D eigenvalue weighted by atomic mass is 10.0. The Hall–Kier alpha value is -3.33. The van der Waals surface area contributed by atoms with Crippen molar-refractivity contribution in [1.29, 1.82) is 0 Å². The third kappa shape index (κ3) is 53.3. The zero-order chi connectivity index (χ0) is 53.6. The molecule has 0 spiro atoms. The topological polar surface area (TPSA) is 114 Å². The normalized spacial score (nSPS) is 14.6. The van der Waals surface area contributed by atoms with Crippen molar-refractivity contribution in [3.63, 3.8) is 0 Å². The summed E-state index contributed by atoms with van der Waals surface area (Å²) < 4.78 is 30.2. The molecule has 73 heavy (non-hydrogen) atoms. The number of unbranched alkanes of at least 4 members (excludes halogenated alkanes) is 21. The van der Waals surface area contributed by atoms with Crippen LogP contribution in [0.1, 0.15) is 226 Å². The maximum Gasteiger partial charge on any atom is 0.306 e. The standard InChI is InChI=1S/C63H109N2O7P/c1-7-10-13-16-19-22-25-28-29-30-31-32-33-34-35-38-40-43-46-49-52-55-62(66)64-60(59-71-73(68,69)70-58-57-65(4,5)6)61(54-51-48-45-42-39-36-26-23-20-17-14-11-8-2)72-63(67)56-53-50-47-44-41-37-27-24-21-18-15-12-9-3/h10,12-13,15,18-19,21-22,24,27-29,31-32,34-35,51,54,60-61H,7-9,11,14,16-17,20,23,25-26,30,33,36-50,52-53,55-59H2,1-6H3,(H-,64,66,68,69)/b13-10-,15-12+,21-18+,22-19-,27-24-,29-28-,32-31-,35-34-,54-51-. The highest BCUT2D eigenvalue weighted by Crippen LogP contribution is 2.38. The summed E-state index contributed by atoms with van der Waals surface area (Å²) in [6.07, 6.45) is 70.5. The summed E-state index contributed by atoms with van der Waals surface area (Å²) in [6, 6.07) is -0.914. The number of allylic oxidation sites excluding steroid dienone is 17. The second-order valence-corrected chi connectivity index (χ2v) is 21.9. The number of carbonyl (C=O) groups excluding carboxylic acids is 2.